The van der Waals surface area contributed by atoms with E-state index in [0.717, 1.165) is 24.1 Å². The third kappa shape index (κ3) is 3.91. The van der Waals surface area contributed by atoms with Crippen molar-refractivity contribution >= 4 is 17.3 Å². The normalized spacial score (nSPS) is 17.0. The summed E-state index contributed by atoms with van der Waals surface area (Å²) in [5, 5.41) is 4.62. The van der Waals surface area contributed by atoms with E-state index in [1.165, 1.54) is 12.4 Å². The zero-order valence-electron chi connectivity index (χ0n) is 14.7. The third-order valence-corrected chi connectivity index (χ3v) is 4.43. The van der Waals surface area contributed by atoms with E-state index >= 15 is 0 Å². The van der Waals surface area contributed by atoms with Crippen LogP contribution in [0.5, 0.6) is 0 Å². The summed E-state index contributed by atoms with van der Waals surface area (Å²) in [5.41, 5.74) is 0.672. The van der Waals surface area contributed by atoms with E-state index in [-0.39, 0.29) is 6.04 Å². The Hall–Kier alpha value is -3.13. The average Bonchev–Trinajstić information content (AvgIpc) is 3.18. The maximum Gasteiger partial charge on any atom is 0.416 e. The smallest absolute Gasteiger partial charge is 0.340 e. The van der Waals surface area contributed by atoms with Crippen LogP contribution in [0.4, 0.5) is 30.5 Å². The van der Waals surface area contributed by atoms with Crippen molar-refractivity contribution in [2.24, 2.45) is 0 Å². The van der Waals surface area contributed by atoms with Crippen molar-refractivity contribution in [3.05, 3.63) is 78.1 Å². The Kier molecular flexibility index (Phi) is 4.87. The molecule has 0 aliphatic carbocycles. The molecule has 1 aliphatic heterocycles. The molecule has 2 aromatic carbocycles. The van der Waals surface area contributed by atoms with Crippen molar-refractivity contribution in [1.82, 2.24) is 9.97 Å². The lowest BCUT2D eigenvalue weighted by molar-refractivity contribution is -0.137. The van der Waals surface area contributed by atoms with E-state index in [0.29, 0.717) is 23.9 Å². The minimum atomic E-state index is -4.40. The van der Waals surface area contributed by atoms with Gasteiger partial charge in [0.25, 0.3) is 0 Å². The van der Waals surface area contributed by atoms with E-state index in [1.807, 2.05) is 30.3 Å². The van der Waals surface area contributed by atoms with Gasteiger partial charge in [0.1, 0.15) is 12.1 Å². The predicted molar refractivity (Wildman–Crippen MR) is 99.0 cm³/mol. The summed E-state index contributed by atoms with van der Waals surface area (Å²) in [6.45, 7) is 0.556. The minimum absolute atomic E-state index is 0.0116. The number of hydrogen-bond donors (Lipinski definition) is 1. The number of rotatable bonds is 4. The first kappa shape index (κ1) is 18.2. The van der Waals surface area contributed by atoms with Gasteiger partial charge in [0, 0.05) is 18.2 Å². The van der Waals surface area contributed by atoms with Crippen LogP contribution in [0.25, 0.3) is 0 Å². The van der Waals surface area contributed by atoms with Crippen LogP contribution in [0.3, 0.4) is 0 Å². The van der Waals surface area contributed by atoms with Crippen molar-refractivity contribution in [1.29, 1.82) is 0 Å². The highest BCUT2D eigenvalue weighted by molar-refractivity contribution is 5.60. The van der Waals surface area contributed by atoms with Crippen molar-refractivity contribution in [3.63, 3.8) is 0 Å². The van der Waals surface area contributed by atoms with Gasteiger partial charge in [0.05, 0.1) is 18.2 Å². The molecule has 0 bridgehead atoms. The number of hydrogen-bond acceptors (Lipinski definition) is 5. The van der Waals surface area contributed by atoms with Crippen molar-refractivity contribution in [2.45, 2.75) is 18.6 Å². The zero-order chi connectivity index (χ0) is 19.6. The molecular weight excluding hydrogens is 369 g/mol. The van der Waals surface area contributed by atoms with Crippen molar-refractivity contribution in [3.8, 4) is 0 Å². The highest BCUT2D eigenvalue weighted by atomic mass is 19.4. The first-order valence-electron chi connectivity index (χ1n) is 8.74. The van der Waals surface area contributed by atoms with Crippen LogP contribution in [0, 0.1) is 0 Å². The molecule has 1 saturated heterocycles. The first-order chi connectivity index (χ1) is 13.5. The molecular formula is C20H17F3N4O. The summed E-state index contributed by atoms with van der Waals surface area (Å²) >= 11 is 0. The Labute approximate surface area is 159 Å². The van der Waals surface area contributed by atoms with Crippen LogP contribution in [-0.2, 0) is 11.0 Å². The second-order valence-corrected chi connectivity index (χ2v) is 6.34. The number of nitrogens with one attached hydrogen (secondary N) is 1. The summed E-state index contributed by atoms with van der Waals surface area (Å²) in [6, 6.07) is 16.6. The highest BCUT2D eigenvalue weighted by Gasteiger charge is 2.31. The molecule has 1 fully saturated rings. The van der Waals surface area contributed by atoms with Gasteiger partial charge >= 0.3 is 6.18 Å². The number of hydroxylamine groups is 1. The van der Waals surface area contributed by atoms with E-state index in [9.17, 15) is 13.2 Å². The molecule has 0 unspecified atom stereocenters. The molecule has 0 radical (unpaired) electrons. The predicted octanol–water partition coefficient (Wildman–Crippen LogP) is 5.12. The fourth-order valence-electron chi connectivity index (χ4n) is 3.13. The number of aromatic nitrogens is 2. The van der Waals surface area contributed by atoms with Crippen molar-refractivity contribution < 1.29 is 18.0 Å². The van der Waals surface area contributed by atoms with Gasteiger partial charge in [-0.25, -0.2) is 15.0 Å². The molecule has 1 atom stereocenters. The number of nitrogens with zero attached hydrogens (tertiary/aromatic N) is 3. The Morgan fingerprint density at radius 3 is 2.61 bits per heavy atom. The molecule has 1 N–H and O–H groups in total. The summed E-state index contributed by atoms with van der Waals surface area (Å²) in [7, 11) is 0. The zero-order valence-corrected chi connectivity index (χ0v) is 14.7. The molecule has 8 heteroatoms. The quantitative estimate of drug-likeness (QED) is 0.674. The number of halogens is 3. The third-order valence-electron chi connectivity index (χ3n) is 4.43. The fourth-order valence-corrected chi connectivity index (χ4v) is 3.13. The largest absolute Gasteiger partial charge is 0.416 e. The van der Waals surface area contributed by atoms with Gasteiger partial charge in [-0.2, -0.15) is 13.2 Å². The van der Waals surface area contributed by atoms with Gasteiger partial charge in [-0.3, -0.25) is 4.84 Å². The lowest BCUT2D eigenvalue weighted by Crippen LogP contribution is -2.22. The van der Waals surface area contributed by atoms with Crippen LogP contribution >= 0.6 is 0 Å². The summed E-state index contributed by atoms with van der Waals surface area (Å²) < 4.78 is 38.7. The SMILES string of the molecule is FC(F)(F)c1cccc(Nc2cc(N3OCC[C@@H]3c3ccccc3)ncn2)c1. The maximum absolute atomic E-state index is 12.9. The topological polar surface area (TPSA) is 50.3 Å². The van der Waals surface area contributed by atoms with Gasteiger partial charge in [-0.05, 0) is 23.8 Å². The van der Waals surface area contributed by atoms with Gasteiger partial charge < -0.3 is 5.32 Å². The van der Waals surface area contributed by atoms with E-state index in [4.69, 9.17) is 4.84 Å². The highest BCUT2D eigenvalue weighted by Crippen LogP contribution is 2.35. The molecule has 1 aliphatic rings. The number of benzene rings is 2. The van der Waals surface area contributed by atoms with E-state index in [1.54, 1.807) is 17.2 Å². The lowest BCUT2D eigenvalue weighted by Gasteiger charge is -2.24. The maximum atomic E-state index is 12.9. The van der Waals surface area contributed by atoms with Crippen LogP contribution in [0.1, 0.15) is 23.6 Å². The monoisotopic (exact) mass is 386 g/mol. The Balaban J connectivity index is 1.57. The summed E-state index contributed by atoms with van der Waals surface area (Å²) in [4.78, 5) is 14.1. The first-order valence-corrected chi connectivity index (χ1v) is 8.74. The van der Waals surface area contributed by atoms with Crippen LogP contribution in [0.15, 0.2) is 67.0 Å². The van der Waals surface area contributed by atoms with Gasteiger partial charge in [0.2, 0.25) is 0 Å². The van der Waals surface area contributed by atoms with Crippen molar-refractivity contribution in [2.75, 3.05) is 17.0 Å². The molecule has 0 saturated carbocycles. The fraction of sp³-hybridized carbons (Fsp3) is 0.200. The molecule has 1 aromatic heterocycles. The molecule has 0 spiro atoms. The molecule has 4 rings (SSSR count). The Morgan fingerprint density at radius 1 is 1.00 bits per heavy atom. The molecule has 2 heterocycles. The Bertz CT molecular complexity index is 949. The van der Waals surface area contributed by atoms with Crippen LogP contribution in [-0.4, -0.2) is 16.6 Å². The second-order valence-electron chi connectivity index (χ2n) is 6.34. The van der Waals surface area contributed by atoms with E-state index in [2.05, 4.69) is 15.3 Å². The molecule has 5 nitrogen and oxygen atoms in total. The van der Waals surface area contributed by atoms with E-state index < -0.39 is 11.7 Å². The minimum Gasteiger partial charge on any atom is -0.340 e. The van der Waals surface area contributed by atoms with Crippen LogP contribution in [0.2, 0.25) is 0 Å². The average molecular weight is 386 g/mol. The number of anilines is 3. The lowest BCUT2D eigenvalue weighted by atomic mass is 10.0. The second kappa shape index (κ2) is 7.47. The van der Waals surface area contributed by atoms with Crippen LogP contribution < -0.4 is 10.4 Å². The molecule has 0 amide bonds. The molecule has 144 valence electrons. The molecule has 28 heavy (non-hydrogen) atoms. The number of alkyl halides is 3. The summed E-state index contributed by atoms with van der Waals surface area (Å²) in [6.07, 6.45) is -2.24. The molecule has 3 aromatic rings. The standard InChI is InChI=1S/C20H17F3N4O/c21-20(22,23)15-7-4-8-16(11-15)26-18-12-19(25-13-24-18)27-17(9-10-28-27)14-5-2-1-3-6-14/h1-8,11-13,17H,9-10H2,(H,24,25,26)/t17-/m1/s1. The summed E-state index contributed by atoms with van der Waals surface area (Å²) in [5.74, 6) is 0.919. The Morgan fingerprint density at radius 2 is 1.82 bits per heavy atom. The van der Waals surface area contributed by atoms with Gasteiger partial charge in [0.15, 0.2) is 5.82 Å². The van der Waals surface area contributed by atoms with Gasteiger partial charge in [-0.15, -0.1) is 0 Å². The van der Waals surface area contributed by atoms with Gasteiger partial charge in [-0.1, -0.05) is 36.4 Å².